The maximum Gasteiger partial charge on any atom is 0.101 e. The van der Waals surface area contributed by atoms with Crippen LogP contribution in [0.5, 0.6) is 0 Å². The van der Waals surface area contributed by atoms with Crippen molar-refractivity contribution in [1.82, 2.24) is 0 Å². The molecule has 2 atom stereocenters. The number of ether oxygens (including phenoxy) is 1. The quantitative estimate of drug-likeness (QED) is 0.860. The summed E-state index contributed by atoms with van der Waals surface area (Å²) in [6, 6.07) is 5.51. The minimum absolute atomic E-state index is 0.0403. The zero-order valence-electron chi connectivity index (χ0n) is 10.1. The van der Waals surface area contributed by atoms with Crippen molar-refractivity contribution in [1.29, 1.82) is 5.26 Å². The Labute approximate surface area is 111 Å². The first-order valence-electron chi connectivity index (χ1n) is 5.85. The van der Waals surface area contributed by atoms with Gasteiger partial charge in [-0.2, -0.15) is 5.26 Å². The summed E-state index contributed by atoms with van der Waals surface area (Å²) in [4.78, 5) is 0. The molecule has 1 aliphatic heterocycles. The molecule has 1 aromatic carbocycles. The van der Waals surface area contributed by atoms with E-state index in [1.54, 1.807) is 6.07 Å². The molecule has 96 valence electrons. The van der Waals surface area contributed by atoms with E-state index in [-0.39, 0.29) is 6.04 Å². The van der Waals surface area contributed by atoms with Crippen LogP contribution in [0.4, 0.5) is 5.69 Å². The molecule has 0 spiro atoms. The summed E-state index contributed by atoms with van der Waals surface area (Å²) < 4.78 is 5.18. The third kappa shape index (κ3) is 2.59. The van der Waals surface area contributed by atoms with Gasteiger partial charge in [-0.3, -0.25) is 0 Å². The molecule has 0 aromatic heterocycles. The topological polar surface area (TPSA) is 65.3 Å². The average molecular weight is 267 g/mol. The Morgan fingerprint density at radius 3 is 3.00 bits per heavy atom. The second-order valence-corrected chi connectivity index (χ2v) is 4.77. The second kappa shape index (κ2) is 5.57. The van der Waals surface area contributed by atoms with Crippen molar-refractivity contribution in [3.05, 3.63) is 28.3 Å². The Morgan fingerprint density at radius 1 is 1.56 bits per heavy atom. The van der Waals surface area contributed by atoms with Crippen LogP contribution in [0.1, 0.15) is 17.5 Å². The van der Waals surface area contributed by atoms with Gasteiger partial charge in [-0.15, -0.1) is 0 Å². The lowest BCUT2D eigenvalue weighted by Crippen LogP contribution is -2.42. The first-order chi connectivity index (χ1) is 8.63. The Kier molecular flexibility index (Phi) is 4.07. The van der Waals surface area contributed by atoms with Gasteiger partial charge in [-0.1, -0.05) is 11.6 Å². The highest BCUT2D eigenvalue weighted by Gasteiger charge is 2.24. The van der Waals surface area contributed by atoms with Gasteiger partial charge in [-0.05, 0) is 31.0 Å². The molecule has 0 amide bonds. The van der Waals surface area contributed by atoms with Crippen molar-refractivity contribution in [2.45, 2.75) is 25.5 Å². The number of benzene rings is 1. The molecule has 1 saturated heterocycles. The first kappa shape index (κ1) is 13.2. The molecular formula is C13H15ClN2O2. The van der Waals surface area contributed by atoms with Gasteiger partial charge in [0, 0.05) is 12.3 Å². The van der Waals surface area contributed by atoms with E-state index >= 15 is 0 Å². The van der Waals surface area contributed by atoms with Crippen LogP contribution in [0.25, 0.3) is 0 Å². The molecule has 1 heterocycles. The van der Waals surface area contributed by atoms with Gasteiger partial charge in [0.25, 0.3) is 0 Å². The maximum absolute atomic E-state index is 9.82. The van der Waals surface area contributed by atoms with E-state index < -0.39 is 6.10 Å². The van der Waals surface area contributed by atoms with Crippen LogP contribution in [0, 0.1) is 18.3 Å². The van der Waals surface area contributed by atoms with Crippen LogP contribution >= 0.6 is 11.6 Å². The summed E-state index contributed by atoms with van der Waals surface area (Å²) in [5, 5.41) is 22.4. The molecule has 1 aromatic rings. The largest absolute Gasteiger partial charge is 0.389 e. The standard InChI is InChI=1S/C13H15ClN2O2/c1-8-10(3-2-9(6-15)13(8)14)16-11-4-5-18-7-12(11)17/h2-3,11-12,16-17H,4-5,7H2,1H3. The highest BCUT2D eigenvalue weighted by molar-refractivity contribution is 6.32. The molecule has 1 fully saturated rings. The summed E-state index contributed by atoms with van der Waals surface area (Å²) in [5.41, 5.74) is 2.15. The monoisotopic (exact) mass is 266 g/mol. The van der Waals surface area contributed by atoms with E-state index in [9.17, 15) is 5.11 Å². The molecule has 4 nitrogen and oxygen atoms in total. The smallest absolute Gasteiger partial charge is 0.101 e. The fourth-order valence-electron chi connectivity index (χ4n) is 2.02. The Morgan fingerprint density at radius 2 is 2.33 bits per heavy atom. The summed E-state index contributed by atoms with van der Waals surface area (Å²) in [6.45, 7) is 2.84. The first-order valence-corrected chi connectivity index (χ1v) is 6.23. The molecule has 5 heteroatoms. The van der Waals surface area contributed by atoms with Crippen LogP contribution in [-0.2, 0) is 4.74 Å². The van der Waals surface area contributed by atoms with E-state index in [0.717, 1.165) is 17.7 Å². The molecule has 0 bridgehead atoms. The van der Waals surface area contributed by atoms with Gasteiger partial charge in [0.1, 0.15) is 6.07 Å². The van der Waals surface area contributed by atoms with Gasteiger partial charge in [-0.25, -0.2) is 0 Å². The maximum atomic E-state index is 9.82. The molecule has 0 saturated carbocycles. The van der Waals surface area contributed by atoms with Gasteiger partial charge < -0.3 is 15.2 Å². The van der Waals surface area contributed by atoms with Crippen LogP contribution in [0.15, 0.2) is 12.1 Å². The van der Waals surface area contributed by atoms with Crippen molar-refractivity contribution in [2.24, 2.45) is 0 Å². The van der Waals surface area contributed by atoms with Crippen LogP contribution in [0.2, 0.25) is 5.02 Å². The lowest BCUT2D eigenvalue weighted by molar-refractivity contribution is -0.0134. The van der Waals surface area contributed by atoms with Crippen molar-refractivity contribution < 1.29 is 9.84 Å². The van der Waals surface area contributed by atoms with Crippen molar-refractivity contribution in [3.8, 4) is 6.07 Å². The number of rotatable bonds is 2. The lowest BCUT2D eigenvalue weighted by atomic mass is 10.0. The Balaban J connectivity index is 2.19. The molecule has 2 unspecified atom stereocenters. The number of hydrogen-bond acceptors (Lipinski definition) is 4. The fraction of sp³-hybridized carbons (Fsp3) is 0.462. The molecule has 2 N–H and O–H groups in total. The highest BCUT2D eigenvalue weighted by Crippen LogP contribution is 2.28. The number of halogens is 1. The predicted octanol–water partition coefficient (Wildman–Crippen LogP) is 2.08. The number of nitriles is 1. The number of hydrogen-bond donors (Lipinski definition) is 2. The van der Waals surface area contributed by atoms with E-state index in [0.29, 0.717) is 23.8 Å². The van der Waals surface area contributed by atoms with E-state index in [1.165, 1.54) is 0 Å². The third-order valence-corrected chi connectivity index (χ3v) is 3.66. The van der Waals surface area contributed by atoms with Crippen LogP contribution < -0.4 is 5.32 Å². The molecular weight excluding hydrogens is 252 g/mol. The van der Waals surface area contributed by atoms with E-state index in [2.05, 4.69) is 5.32 Å². The third-order valence-electron chi connectivity index (χ3n) is 3.17. The zero-order valence-corrected chi connectivity index (χ0v) is 10.9. The normalized spacial score (nSPS) is 23.4. The minimum Gasteiger partial charge on any atom is -0.389 e. The molecule has 18 heavy (non-hydrogen) atoms. The van der Waals surface area contributed by atoms with E-state index in [4.69, 9.17) is 21.6 Å². The molecule has 1 aliphatic rings. The minimum atomic E-state index is -0.521. The average Bonchev–Trinajstić information content (AvgIpc) is 2.38. The number of aliphatic hydroxyl groups is 1. The van der Waals surface area contributed by atoms with Gasteiger partial charge in [0.05, 0.1) is 29.3 Å². The van der Waals surface area contributed by atoms with Gasteiger partial charge in [0.2, 0.25) is 0 Å². The molecule has 0 aliphatic carbocycles. The lowest BCUT2D eigenvalue weighted by Gasteiger charge is -2.30. The predicted molar refractivity (Wildman–Crippen MR) is 69.8 cm³/mol. The number of aliphatic hydroxyl groups excluding tert-OH is 1. The molecule has 0 radical (unpaired) electrons. The molecule has 2 rings (SSSR count). The van der Waals surface area contributed by atoms with Crippen molar-refractivity contribution in [2.75, 3.05) is 18.5 Å². The van der Waals surface area contributed by atoms with Gasteiger partial charge >= 0.3 is 0 Å². The summed E-state index contributed by atoms with van der Waals surface area (Å²) in [5.74, 6) is 0. The summed E-state index contributed by atoms with van der Waals surface area (Å²) in [6.07, 6.45) is 0.227. The van der Waals surface area contributed by atoms with Crippen LogP contribution in [0.3, 0.4) is 0 Å². The number of nitrogens with zero attached hydrogens (tertiary/aromatic N) is 1. The number of nitrogens with one attached hydrogen (secondary N) is 1. The second-order valence-electron chi connectivity index (χ2n) is 4.39. The SMILES string of the molecule is Cc1c(NC2CCOCC2O)ccc(C#N)c1Cl. The Bertz CT molecular complexity index is 485. The summed E-state index contributed by atoms with van der Waals surface area (Å²) in [7, 11) is 0. The van der Waals surface area contributed by atoms with Gasteiger partial charge in [0.15, 0.2) is 0 Å². The van der Waals surface area contributed by atoms with Crippen LogP contribution in [-0.4, -0.2) is 30.5 Å². The highest BCUT2D eigenvalue weighted by atomic mass is 35.5. The van der Waals surface area contributed by atoms with Crippen molar-refractivity contribution in [3.63, 3.8) is 0 Å². The number of anilines is 1. The fourth-order valence-corrected chi connectivity index (χ4v) is 2.23. The Hall–Kier alpha value is -1.28. The zero-order chi connectivity index (χ0) is 13.1. The summed E-state index contributed by atoms with van der Waals surface area (Å²) >= 11 is 6.10. The van der Waals surface area contributed by atoms with Crippen molar-refractivity contribution >= 4 is 17.3 Å². The van der Waals surface area contributed by atoms with E-state index in [1.807, 2.05) is 19.1 Å².